The summed E-state index contributed by atoms with van der Waals surface area (Å²) < 4.78 is 11.2. The van der Waals surface area contributed by atoms with E-state index in [0.717, 1.165) is 11.1 Å². The van der Waals surface area contributed by atoms with Gasteiger partial charge in [-0.3, -0.25) is 0 Å². The van der Waals surface area contributed by atoms with Gasteiger partial charge in [0.1, 0.15) is 12.4 Å². The molecule has 3 aromatic carbocycles. The van der Waals surface area contributed by atoms with Gasteiger partial charge in [-0.15, -0.1) is 0 Å². The number of benzene rings is 3. The zero-order chi connectivity index (χ0) is 20.2. The second-order valence-electron chi connectivity index (χ2n) is 6.66. The molecule has 3 aromatic rings. The lowest BCUT2D eigenvalue weighted by molar-refractivity contribution is -0.129. The van der Waals surface area contributed by atoms with Crippen LogP contribution in [-0.2, 0) is 16.1 Å². The Morgan fingerprint density at radius 1 is 1.03 bits per heavy atom. The van der Waals surface area contributed by atoms with Gasteiger partial charge in [-0.25, -0.2) is 9.79 Å². The van der Waals surface area contributed by atoms with Crippen molar-refractivity contribution >= 4 is 29.5 Å². The first-order chi connectivity index (χ1) is 14.1. The van der Waals surface area contributed by atoms with E-state index < -0.39 is 5.97 Å². The summed E-state index contributed by atoms with van der Waals surface area (Å²) >= 11 is 6.17. The molecule has 5 heteroatoms. The Bertz CT molecular complexity index is 1120. The quantitative estimate of drug-likeness (QED) is 0.413. The molecule has 0 atom stereocenters. The number of hydrogen-bond acceptors (Lipinski definition) is 4. The number of ether oxygens (including phenoxy) is 2. The Balaban J connectivity index is 1.52. The van der Waals surface area contributed by atoms with Gasteiger partial charge >= 0.3 is 5.97 Å². The predicted octanol–water partition coefficient (Wildman–Crippen LogP) is 5.57. The number of carbonyl (C=O) groups is 1. The SMILES string of the molecule is Cc1ccc(COc2cccc(C=C3N=C(c4ccccc4Cl)OC3=O)c2)cc1. The molecule has 0 aliphatic carbocycles. The highest BCUT2D eigenvalue weighted by atomic mass is 35.5. The van der Waals surface area contributed by atoms with Crippen molar-refractivity contribution < 1.29 is 14.3 Å². The fourth-order valence-electron chi connectivity index (χ4n) is 2.86. The molecule has 0 spiro atoms. The van der Waals surface area contributed by atoms with E-state index in [1.165, 1.54) is 5.56 Å². The second kappa shape index (κ2) is 8.33. The summed E-state index contributed by atoms with van der Waals surface area (Å²) in [5.74, 6) is 0.408. The van der Waals surface area contributed by atoms with E-state index in [9.17, 15) is 4.79 Å². The van der Waals surface area contributed by atoms with Crippen molar-refractivity contribution in [2.45, 2.75) is 13.5 Å². The molecule has 0 saturated carbocycles. The molecule has 0 N–H and O–H groups in total. The third-order valence-electron chi connectivity index (χ3n) is 4.41. The van der Waals surface area contributed by atoms with Gasteiger partial charge in [0.05, 0.1) is 10.6 Å². The van der Waals surface area contributed by atoms with Crippen molar-refractivity contribution in [1.82, 2.24) is 0 Å². The first-order valence-electron chi connectivity index (χ1n) is 9.14. The van der Waals surface area contributed by atoms with E-state index in [1.54, 1.807) is 18.2 Å². The zero-order valence-corrected chi connectivity index (χ0v) is 16.5. The van der Waals surface area contributed by atoms with E-state index in [-0.39, 0.29) is 11.6 Å². The number of esters is 1. The molecule has 0 bridgehead atoms. The number of rotatable bonds is 5. The number of halogens is 1. The van der Waals surface area contributed by atoms with Crippen LogP contribution in [-0.4, -0.2) is 11.9 Å². The molecular weight excluding hydrogens is 386 g/mol. The van der Waals surface area contributed by atoms with Crippen LogP contribution >= 0.6 is 11.6 Å². The molecular formula is C24H18ClNO3. The third kappa shape index (κ3) is 4.55. The van der Waals surface area contributed by atoms with Crippen LogP contribution in [0.1, 0.15) is 22.3 Å². The molecule has 29 heavy (non-hydrogen) atoms. The first kappa shape index (κ1) is 19.0. The van der Waals surface area contributed by atoms with Crippen LogP contribution in [0.25, 0.3) is 6.08 Å². The van der Waals surface area contributed by atoms with Gasteiger partial charge in [-0.05, 0) is 48.4 Å². The molecule has 1 heterocycles. The lowest BCUT2D eigenvalue weighted by atomic mass is 10.1. The summed E-state index contributed by atoms with van der Waals surface area (Å²) in [4.78, 5) is 16.5. The molecule has 0 fully saturated rings. The summed E-state index contributed by atoms with van der Waals surface area (Å²) in [6.07, 6.45) is 1.67. The monoisotopic (exact) mass is 403 g/mol. The highest BCUT2D eigenvalue weighted by molar-refractivity contribution is 6.34. The number of nitrogens with zero attached hydrogens (tertiary/aromatic N) is 1. The third-order valence-corrected chi connectivity index (χ3v) is 4.74. The van der Waals surface area contributed by atoms with E-state index in [1.807, 2.05) is 48.5 Å². The maximum Gasteiger partial charge on any atom is 0.363 e. The fraction of sp³-hybridized carbons (Fsp3) is 0.0833. The highest BCUT2D eigenvalue weighted by Gasteiger charge is 2.25. The maximum atomic E-state index is 12.2. The van der Waals surface area contributed by atoms with Crippen LogP contribution in [0.15, 0.2) is 83.5 Å². The summed E-state index contributed by atoms with van der Waals surface area (Å²) in [5.41, 5.74) is 3.90. The van der Waals surface area contributed by atoms with Gasteiger partial charge in [0, 0.05) is 0 Å². The normalized spacial score (nSPS) is 14.6. The van der Waals surface area contributed by atoms with E-state index in [2.05, 4.69) is 24.0 Å². The Hall–Kier alpha value is -3.37. The number of hydrogen-bond donors (Lipinski definition) is 0. The van der Waals surface area contributed by atoms with Crippen molar-refractivity contribution in [2.24, 2.45) is 4.99 Å². The predicted molar refractivity (Wildman–Crippen MR) is 114 cm³/mol. The van der Waals surface area contributed by atoms with Crippen molar-refractivity contribution in [1.29, 1.82) is 0 Å². The van der Waals surface area contributed by atoms with E-state index in [4.69, 9.17) is 21.1 Å². The van der Waals surface area contributed by atoms with Crippen LogP contribution in [0.5, 0.6) is 5.75 Å². The average molecular weight is 404 g/mol. The largest absolute Gasteiger partial charge is 0.489 e. The van der Waals surface area contributed by atoms with E-state index >= 15 is 0 Å². The molecule has 0 aromatic heterocycles. The van der Waals surface area contributed by atoms with Crippen LogP contribution in [0.2, 0.25) is 5.02 Å². The van der Waals surface area contributed by atoms with Crippen molar-refractivity contribution in [3.05, 3.63) is 106 Å². The molecule has 4 nitrogen and oxygen atoms in total. The second-order valence-corrected chi connectivity index (χ2v) is 7.07. The smallest absolute Gasteiger partial charge is 0.363 e. The van der Waals surface area contributed by atoms with Crippen molar-refractivity contribution in [3.8, 4) is 5.75 Å². The van der Waals surface area contributed by atoms with Gasteiger partial charge < -0.3 is 9.47 Å². The molecule has 144 valence electrons. The van der Waals surface area contributed by atoms with Gasteiger partial charge in [0.15, 0.2) is 5.70 Å². The topological polar surface area (TPSA) is 47.9 Å². The summed E-state index contributed by atoms with van der Waals surface area (Å²) in [5, 5.41) is 0.479. The van der Waals surface area contributed by atoms with Crippen LogP contribution in [0.3, 0.4) is 0 Å². The minimum Gasteiger partial charge on any atom is -0.489 e. The molecule has 0 unspecified atom stereocenters. The minimum absolute atomic E-state index is 0.207. The minimum atomic E-state index is -0.508. The number of carbonyl (C=O) groups excluding carboxylic acids is 1. The Morgan fingerprint density at radius 2 is 1.83 bits per heavy atom. The van der Waals surface area contributed by atoms with Crippen molar-refractivity contribution in [3.63, 3.8) is 0 Å². The molecule has 1 aliphatic heterocycles. The Morgan fingerprint density at radius 3 is 2.62 bits per heavy atom. The average Bonchev–Trinajstić information content (AvgIpc) is 3.08. The maximum absolute atomic E-state index is 12.2. The highest BCUT2D eigenvalue weighted by Crippen LogP contribution is 2.24. The summed E-state index contributed by atoms with van der Waals surface area (Å²) in [7, 11) is 0. The number of aliphatic imine (C=N–C) groups is 1. The van der Waals surface area contributed by atoms with Gasteiger partial charge in [0.25, 0.3) is 0 Å². The van der Waals surface area contributed by atoms with Crippen LogP contribution in [0.4, 0.5) is 0 Å². The number of cyclic esters (lactones) is 1. The molecule has 0 radical (unpaired) electrons. The Labute approximate surface area is 174 Å². The molecule has 0 saturated heterocycles. The summed E-state index contributed by atoms with van der Waals surface area (Å²) in [6.45, 7) is 2.52. The van der Waals surface area contributed by atoms with Gasteiger partial charge in [0.2, 0.25) is 5.90 Å². The Kier molecular flexibility index (Phi) is 5.45. The number of aryl methyl sites for hydroxylation is 1. The molecule has 4 rings (SSSR count). The fourth-order valence-corrected chi connectivity index (χ4v) is 3.08. The van der Waals surface area contributed by atoms with Crippen LogP contribution < -0.4 is 4.74 Å². The standard InChI is InChI=1S/C24H18ClNO3/c1-16-9-11-17(12-10-16)15-28-19-6-4-5-18(13-19)14-22-24(27)29-23(26-22)20-7-2-3-8-21(20)25/h2-14H,15H2,1H3. The van der Waals surface area contributed by atoms with Crippen molar-refractivity contribution in [2.75, 3.05) is 0 Å². The van der Waals surface area contributed by atoms with E-state index in [0.29, 0.717) is 22.9 Å². The first-order valence-corrected chi connectivity index (χ1v) is 9.52. The molecule has 0 amide bonds. The summed E-state index contributed by atoms with van der Waals surface area (Å²) in [6, 6.07) is 22.8. The van der Waals surface area contributed by atoms with Gasteiger partial charge in [-0.1, -0.05) is 65.7 Å². The molecule has 1 aliphatic rings. The lowest BCUT2D eigenvalue weighted by Crippen LogP contribution is -2.05. The van der Waals surface area contributed by atoms with Crippen LogP contribution in [0, 0.1) is 6.92 Å². The lowest BCUT2D eigenvalue weighted by Gasteiger charge is -2.07. The van der Waals surface area contributed by atoms with Gasteiger partial charge in [-0.2, -0.15) is 0 Å². The zero-order valence-electron chi connectivity index (χ0n) is 15.8.